The topological polar surface area (TPSA) is 130 Å². The number of amides is 2. The zero-order chi connectivity index (χ0) is 26.4. The predicted molar refractivity (Wildman–Crippen MR) is 132 cm³/mol. The monoisotopic (exact) mass is 496 g/mol. The average molecular weight is 497 g/mol. The number of para-hydroxylation sites is 1. The smallest absolute Gasteiger partial charge is 0.326 e. The molecule has 11 nitrogen and oxygen atoms in total. The normalized spacial score (nSPS) is 11.4. The van der Waals surface area contributed by atoms with E-state index in [9.17, 15) is 19.2 Å². The lowest BCUT2D eigenvalue weighted by Crippen LogP contribution is -2.36. The Balaban J connectivity index is 1.60. The highest BCUT2D eigenvalue weighted by molar-refractivity contribution is 5.98. The van der Waals surface area contributed by atoms with Crippen molar-refractivity contribution in [1.82, 2.24) is 14.7 Å². The van der Waals surface area contributed by atoms with Gasteiger partial charge in [-0.2, -0.15) is 0 Å². The van der Waals surface area contributed by atoms with Crippen LogP contribution in [0, 0.1) is 6.92 Å². The number of hydrogen-bond donors (Lipinski definition) is 2. The summed E-state index contributed by atoms with van der Waals surface area (Å²) in [5.74, 6) is -1.22. The van der Waals surface area contributed by atoms with E-state index in [0.29, 0.717) is 22.9 Å². The molecule has 1 unspecified atom stereocenters. The SMILES string of the molecule is COc1ccc(C(=O)NCC(=O)OC(C)C(=O)Nc2c(C)n(C)n(-c3ccccc3)c2=O)cc1OC. The maximum Gasteiger partial charge on any atom is 0.326 e. The van der Waals surface area contributed by atoms with E-state index in [1.54, 1.807) is 49.0 Å². The molecule has 0 aliphatic carbocycles. The number of carbonyl (C=O) groups excluding carboxylic acids is 3. The number of ether oxygens (including phenoxy) is 3. The van der Waals surface area contributed by atoms with Crippen molar-refractivity contribution in [3.05, 3.63) is 70.1 Å². The molecule has 0 bridgehead atoms. The van der Waals surface area contributed by atoms with Gasteiger partial charge in [0, 0.05) is 12.6 Å². The molecule has 0 saturated carbocycles. The third-order valence-corrected chi connectivity index (χ3v) is 5.52. The minimum absolute atomic E-state index is 0.0796. The van der Waals surface area contributed by atoms with Crippen LogP contribution in [0.1, 0.15) is 23.0 Å². The maximum absolute atomic E-state index is 12.9. The van der Waals surface area contributed by atoms with Crippen LogP contribution in [0.5, 0.6) is 11.5 Å². The van der Waals surface area contributed by atoms with Crippen LogP contribution in [0.15, 0.2) is 53.3 Å². The van der Waals surface area contributed by atoms with Gasteiger partial charge in [-0.1, -0.05) is 18.2 Å². The summed E-state index contributed by atoms with van der Waals surface area (Å²) in [4.78, 5) is 50.2. The number of aromatic nitrogens is 2. The summed E-state index contributed by atoms with van der Waals surface area (Å²) < 4.78 is 18.5. The molecular formula is C25H28N4O7. The van der Waals surface area contributed by atoms with Crippen molar-refractivity contribution in [1.29, 1.82) is 0 Å². The van der Waals surface area contributed by atoms with Crippen LogP contribution in [-0.4, -0.2) is 54.0 Å². The van der Waals surface area contributed by atoms with Crippen LogP contribution in [-0.2, 0) is 21.4 Å². The van der Waals surface area contributed by atoms with Crippen LogP contribution in [0.4, 0.5) is 5.69 Å². The fourth-order valence-corrected chi connectivity index (χ4v) is 3.46. The summed E-state index contributed by atoms with van der Waals surface area (Å²) >= 11 is 0. The van der Waals surface area contributed by atoms with Gasteiger partial charge in [-0.25, -0.2) is 4.68 Å². The van der Waals surface area contributed by atoms with Crippen LogP contribution >= 0.6 is 0 Å². The van der Waals surface area contributed by atoms with Crippen LogP contribution in [0.25, 0.3) is 5.69 Å². The van der Waals surface area contributed by atoms with E-state index < -0.39 is 36.0 Å². The molecule has 3 aromatic rings. The molecule has 11 heteroatoms. The van der Waals surface area contributed by atoms with Crippen molar-refractivity contribution in [2.24, 2.45) is 7.05 Å². The molecule has 0 fully saturated rings. The maximum atomic E-state index is 12.9. The molecule has 1 heterocycles. The minimum Gasteiger partial charge on any atom is -0.493 e. The Bertz CT molecular complexity index is 1330. The molecule has 0 spiro atoms. The first-order chi connectivity index (χ1) is 17.2. The van der Waals surface area contributed by atoms with Gasteiger partial charge in [-0.3, -0.25) is 23.9 Å². The molecule has 0 aliphatic heterocycles. The Hall–Kier alpha value is -4.54. The van der Waals surface area contributed by atoms with E-state index in [1.807, 2.05) is 6.07 Å². The van der Waals surface area contributed by atoms with Gasteiger partial charge in [0.25, 0.3) is 17.4 Å². The molecule has 190 valence electrons. The second kappa shape index (κ2) is 11.3. The molecular weight excluding hydrogens is 468 g/mol. The highest BCUT2D eigenvalue weighted by Gasteiger charge is 2.23. The first kappa shape index (κ1) is 26.1. The average Bonchev–Trinajstić information content (AvgIpc) is 3.09. The molecule has 1 aromatic heterocycles. The lowest BCUT2D eigenvalue weighted by molar-refractivity contribution is -0.152. The zero-order valence-electron chi connectivity index (χ0n) is 20.7. The number of benzene rings is 2. The first-order valence-corrected chi connectivity index (χ1v) is 11.0. The Labute approximate surface area is 207 Å². The molecule has 3 rings (SSSR count). The third kappa shape index (κ3) is 5.57. The van der Waals surface area contributed by atoms with E-state index in [1.165, 1.54) is 38.0 Å². The minimum atomic E-state index is -1.21. The standard InChI is InChI=1S/C25H28N4O7/c1-15-22(25(33)29(28(15)3)18-9-7-6-8-10-18)27-23(31)16(2)36-21(30)14-26-24(32)17-11-12-19(34-4)20(13-17)35-5/h6-13,16H,14H2,1-5H3,(H,26,32)(H,27,31). The van der Waals surface area contributed by atoms with E-state index in [-0.39, 0.29) is 11.3 Å². The van der Waals surface area contributed by atoms with Gasteiger partial charge in [-0.05, 0) is 44.2 Å². The van der Waals surface area contributed by atoms with Crippen molar-refractivity contribution in [2.45, 2.75) is 20.0 Å². The molecule has 1 atom stereocenters. The summed E-state index contributed by atoms with van der Waals surface area (Å²) in [6, 6.07) is 13.5. The van der Waals surface area contributed by atoms with Gasteiger partial charge in [-0.15, -0.1) is 0 Å². The molecule has 0 radical (unpaired) electrons. The van der Waals surface area contributed by atoms with Gasteiger partial charge >= 0.3 is 5.97 Å². The van der Waals surface area contributed by atoms with Crippen LogP contribution in [0.2, 0.25) is 0 Å². The number of hydrogen-bond acceptors (Lipinski definition) is 7. The van der Waals surface area contributed by atoms with Crippen molar-refractivity contribution in [3.63, 3.8) is 0 Å². The summed E-state index contributed by atoms with van der Waals surface area (Å²) in [5.41, 5.74) is 1.07. The Kier molecular flexibility index (Phi) is 8.15. The lowest BCUT2D eigenvalue weighted by atomic mass is 10.2. The number of rotatable bonds is 9. The summed E-state index contributed by atoms with van der Waals surface area (Å²) in [7, 11) is 4.62. The van der Waals surface area contributed by atoms with Crippen molar-refractivity contribution in [2.75, 3.05) is 26.1 Å². The molecule has 0 aliphatic rings. The van der Waals surface area contributed by atoms with Crippen LogP contribution < -0.4 is 25.7 Å². The fraction of sp³-hybridized carbons (Fsp3) is 0.280. The molecule has 2 N–H and O–H groups in total. The molecule has 2 amide bonds. The van der Waals surface area contributed by atoms with E-state index >= 15 is 0 Å². The lowest BCUT2D eigenvalue weighted by Gasteiger charge is -2.14. The van der Waals surface area contributed by atoms with Crippen LogP contribution in [0.3, 0.4) is 0 Å². The highest BCUT2D eigenvalue weighted by Crippen LogP contribution is 2.27. The van der Waals surface area contributed by atoms with E-state index in [0.717, 1.165) is 0 Å². The first-order valence-electron chi connectivity index (χ1n) is 11.0. The highest BCUT2D eigenvalue weighted by atomic mass is 16.5. The molecule has 36 heavy (non-hydrogen) atoms. The van der Waals surface area contributed by atoms with Gasteiger partial charge < -0.3 is 24.8 Å². The molecule has 2 aromatic carbocycles. The number of nitrogens with zero attached hydrogens (tertiary/aromatic N) is 2. The van der Waals surface area contributed by atoms with E-state index in [4.69, 9.17) is 14.2 Å². The number of carbonyl (C=O) groups is 3. The second-order valence-corrected chi connectivity index (χ2v) is 7.81. The fourth-order valence-electron chi connectivity index (χ4n) is 3.46. The van der Waals surface area contributed by atoms with Gasteiger partial charge in [0.15, 0.2) is 17.6 Å². The number of esters is 1. The predicted octanol–water partition coefficient (Wildman–Crippen LogP) is 1.80. The third-order valence-electron chi connectivity index (χ3n) is 5.52. The van der Waals surface area contributed by atoms with Crippen molar-refractivity contribution < 1.29 is 28.6 Å². The Morgan fingerprint density at radius 2 is 1.67 bits per heavy atom. The summed E-state index contributed by atoms with van der Waals surface area (Å²) in [6.07, 6.45) is -1.21. The van der Waals surface area contributed by atoms with E-state index in [2.05, 4.69) is 10.6 Å². The number of anilines is 1. The Morgan fingerprint density at radius 1 is 1.00 bits per heavy atom. The summed E-state index contributed by atoms with van der Waals surface area (Å²) in [5, 5.41) is 4.98. The summed E-state index contributed by atoms with van der Waals surface area (Å²) in [6.45, 7) is 2.60. The quantitative estimate of drug-likeness (QED) is 0.432. The second-order valence-electron chi connectivity index (χ2n) is 7.81. The molecule has 0 saturated heterocycles. The zero-order valence-corrected chi connectivity index (χ0v) is 20.7. The van der Waals surface area contributed by atoms with Crippen molar-refractivity contribution in [3.8, 4) is 17.2 Å². The number of nitrogens with one attached hydrogen (secondary N) is 2. The largest absolute Gasteiger partial charge is 0.493 e. The van der Waals surface area contributed by atoms with Gasteiger partial charge in [0.1, 0.15) is 12.2 Å². The van der Waals surface area contributed by atoms with Crippen molar-refractivity contribution >= 4 is 23.5 Å². The number of methoxy groups -OCH3 is 2. The van der Waals surface area contributed by atoms with Gasteiger partial charge in [0.2, 0.25) is 0 Å². The van der Waals surface area contributed by atoms with Gasteiger partial charge in [0.05, 0.1) is 25.6 Å². The Morgan fingerprint density at radius 3 is 2.31 bits per heavy atom.